The molecule has 10 nitrogen and oxygen atoms in total. The Balaban J connectivity index is 1.54. The number of carboxylic acid groups (broad SMARTS) is 2. The van der Waals surface area contributed by atoms with Crippen molar-refractivity contribution in [3.8, 4) is 5.75 Å². The lowest BCUT2D eigenvalue weighted by Crippen LogP contribution is -2.38. The van der Waals surface area contributed by atoms with Gasteiger partial charge in [-0.15, -0.1) is 0 Å². The molecule has 4 aromatic rings. The number of phenols is 1. The molecule has 0 spiro atoms. The number of thioether (sulfide) groups is 1. The maximum atomic E-state index is 13.3. The number of amidine groups is 1. The maximum Gasteiger partial charge on any atom is 0.335 e. The number of anilines is 2. The van der Waals surface area contributed by atoms with Crippen LogP contribution in [0.1, 0.15) is 38.0 Å². The van der Waals surface area contributed by atoms with Crippen LogP contribution in [0.2, 0.25) is 0 Å². The molecule has 5 rings (SSSR count). The van der Waals surface area contributed by atoms with E-state index in [4.69, 9.17) is 0 Å². The number of para-hydroxylation sites is 1. The van der Waals surface area contributed by atoms with Crippen LogP contribution >= 0.6 is 11.8 Å². The highest BCUT2D eigenvalue weighted by Crippen LogP contribution is 2.39. The van der Waals surface area contributed by atoms with E-state index in [9.17, 15) is 29.7 Å². The van der Waals surface area contributed by atoms with E-state index in [-0.39, 0.29) is 34.3 Å². The number of rotatable bonds is 6. The minimum Gasteiger partial charge on any atom is -0.506 e. The van der Waals surface area contributed by atoms with Crippen LogP contribution in [0.3, 0.4) is 0 Å². The molecule has 0 aromatic heterocycles. The van der Waals surface area contributed by atoms with Gasteiger partial charge in [0.15, 0.2) is 5.17 Å². The van der Waals surface area contributed by atoms with Crippen LogP contribution < -0.4 is 15.8 Å². The van der Waals surface area contributed by atoms with Crippen molar-refractivity contribution in [2.75, 3.05) is 10.3 Å². The second kappa shape index (κ2) is 10.5. The second-order valence-corrected chi connectivity index (χ2v) is 9.68. The lowest BCUT2D eigenvalue weighted by molar-refractivity contribution is 0.0696. The van der Waals surface area contributed by atoms with Crippen LogP contribution in [0.15, 0.2) is 88.8 Å². The summed E-state index contributed by atoms with van der Waals surface area (Å²) in [5, 5.41) is 35.9. The topological polar surface area (TPSA) is 152 Å². The van der Waals surface area contributed by atoms with E-state index in [0.29, 0.717) is 20.8 Å². The van der Waals surface area contributed by atoms with Gasteiger partial charge < -0.3 is 20.6 Å². The highest BCUT2D eigenvalue weighted by molar-refractivity contribution is 8.14. The Morgan fingerprint density at radius 1 is 0.897 bits per heavy atom. The molecule has 1 aliphatic heterocycles. The number of carbonyl (C=O) groups excluding carboxylic acids is 1. The molecule has 4 aromatic carbocycles. The number of aromatic hydroxyl groups is 1. The highest BCUT2D eigenvalue weighted by atomic mass is 32.2. The Morgan fingerprint density at radius 3 is 2.15 bits per heavy atom. The summed E-state index contributed by atoms with van der Waals surface area (Å²) in [6.45, 7) is 1.91. The Morgan fingerprint density at radius 2 is 1.51 bits per heavy atom. The number of phenolic OH excluding ortho intramolecular Hbond substituents is 1. The monoisotopic (exact) mass is 542 g/mol. The first-order valence-electron chi connectivity index (χ1n) is 11.8. The Hall–Kier alpha value is -4.87. The van der Waals surface area contributed by atoms with E-state index in [1.165, 1.54) is 17.8 Å². The number of hydrazine groups is 1. The Labute approximate surface area is 226 Å². The quantitative estimate of drug-likeness (QED) is 0.226. The smallest absolute Gasteiger partial charge is 0.335 e. The average Bonchev–Trinajstić information content (AvgIpc) is 3.30. The number of carbonyl (C=O) groups is 3. The minimum absolute atomic E-state index is 0.0347. The number of carboxylic acids is 2. The van der Waals surface area contributed by atoms with E-state index in [2.05, 4.69) is 15.7 Å². The fraction of sp³-hybridized carbons (Fsp3) is 0.0714. The van der Waals surface area contributed by atoms with Gasteiger partial charge >= 0.3 is 11.9 Å². The fourth-order valence-corrected chi connectivity index (χ4v) is 5.28. The highest BCUT2D eigenvalue weighted by Gasteiger charge is 2.26. The van der Waals surface area contributed by atoms with Gasteiger partial charge in [0.1, 0.15) is 11.9 Å². The number of aromatic carboxylic acids is 2. The molecule has 5 N–H and O–H groups in total. The lowest BCUT2D eigenvalue weighted by atomic mass is 10.0. The summed E-state index contributed by atoms with van der Waals surface area (Å²) in [4.78, 5) is 41.6. The zero-order valence-corrected chi connectivity index (χ0v) is 21.3. The largest absolute Gasteiger partial charge is 0.506 e. The van der Waals surface area contributed by atoms with Crippen LogP contribution in [-0.2, 0) is 0 Å². The van der Waals surface area contributed by atoms with Crippen molar-refractivity contribution < 1.29 is 29.7 Å². The first kappa shape index (κ1) is 25.8. The standard InChI is InChI=1S/C28H22N4O6S/c1-15-29-28(32(31-15)19-7-3-2-4-8-19)39-23-14-22(24(33)21-10-6-5-9-20(21)23)25(34)30-18-12-16(26(35)36)11-17(13-18)27(37)38/h2-15,31,33H,1H3,(H,30,34)(H,35,36)(H,37,38)/t15-/m1/s1. The van der Waals surface area contributed by atoms with Crippen molar-refractivity contribution in [2.45, 2.75) is 18.0 Å². The molecule has 0 fully saturated rings. The van der Waals surface area contributed by atoms with Crippen LogP contribution in [0.4, 0.5) is 11.4 Å². The van der Waals surface area contributed by atoms with E-state index in [1.807, 2.05) is 54.4 Å². The third-order valence-electron chi connectivity index (χ3n) is 5.93. The van der Waals surface area contributed by atoms with Crippen molar-refractivity contribution in [2.24, 2.45) is 4.99 Å². The predicted octanol–water partition coefficient (Wildman–Crippen LogP) is 5.01. The molecule has 11 heteroatoms. The Bertz CT molecular complexity index is 1620. The molecule has 1 aliphatic rings. The van der Waals surface area contributed by atoms with E-state index < -0.39 is 17.8 Å². The normalized spacial score (nSPS) is 14.7. The van der Waals surface area contributed by atoms with Crippen molar-refractivity contribution in [1.82, 2.24) is 5.43 Å². The van der Waals surface area contributed by atoms with Crippen molar-refractivity contribution in [1.29, 1.82) is 0 Å². The summed E-state index contributed by atoms with van der Waals surface area (Å²) in [6, 6.07) is 21.5. The van der Waals surface area contributed by atoms with Gasteiger partial charge in [-0.3, -0.25) is 9.80 Å². The van der Waals surface area contributed by atoms with Gasteiger partial charge in [-0.2, -0.15) is 0 Å². The maximum absolute atomic E-state index is 13.3. The number of aliphatic imine (C=N–C) groups is 1. The van der Waals surface area contributed by atoms with Crippen molar-refractivity contribution >= 4 is 56.9 Å². The predicted molar refractivity (Wildman–Crippen MR) is 149 cm³/mol. The second-order valence-electron chi connectivity index (χ2n) is 8.67. The van der Waals surface area contributed by atoms with E-state index >= 15 is 0 Å². The molecule has 0 saturated carbocycles. The molecule has 196 valence electrons. The van der Waals surface area contributed by atoms with Crippen LogP contribution in [0.25, 0.3) is 10.8 Å². The molecule has 1 amide bonds. The molecular weight excluding hydrogens is 520 g/mol. The molecule has 39 heavy (non-hydrogen) atoms. The van der Waals surface area contributed by atoms with Gasteiger partial charge in [0.2, 0.25) is 0 Å². The molecule has 0 unspecified atom stereocenters. The van der Waals surface area contributed by atoms with Crippen molar-refractivity contribution in [3.05, 3.63) is 95.6 Å². The van der Waals surface area contributed by atoms with Gasteiger partial charge in [0.25, 0.3) is 5.91 Å². The number of benzene rings is 4. The molecule has 0 radical (unpaired) electrons. The van der Waals surface area contributed by atoms with Gasteiger partial charge in [-0.05, 0) is 60.5 Å². The fourth-order valence-electron chi connectivity index (χ4n) is 4.16. The van der Waals surface area contributed by atoms with Crippen LogP contribution in [-0.4, -0.2) is 44.5 Å². The third kappa shape index (κ3) is 5.26. The summed E-state index contributed by atoms with van der Waals surface area (Å²) in [5.41, 5.74) is 3.46. The van der Waals surface area contributed by atoms with E-state index in [0.717, 1.165) is 23.9 Å². The van der Waals surface area contributed by atoms with Crippen molar-refractivity contribution in [3.63, 3.8) is 0 Å². The first-order valence-corrected chi connectivity index (χ1v) is 12.6. The lowest BCUT2D eigenvalue weighted by Gasteiger charge is -2.21. The van der Waals surface area contributed by atoms with Gasteiger partial charge in [-0.1, -0.05) is 42.5 Å². The first-order chi connectivity index (χ1) is 18.7. The molecule has 1 heterocycles. The van der Waals surface area contributed by atoms with Gasteiger partial charge in [0.05, 0.1) is 22.4 Å². The number of nitrogens with zero attached hydrogens (tertiary/aromatic N) is 2. The average molecular weight is 543 g/mol. The third-order valence-corrected chi connectivity index (χ3v) is 6.96. The zero-order valence-electron chi connectivity index (χ0n) is 20.5. The number of hydrogen-bond donors (Lipinski definition) is 5. The minimum atomic E-state index is -1.34. The van der Waals surface area contributed by atoms with Crippen LogP contribution in [0, 0.1) is 0 Å². The van der Waals surface area contributed by atoms with E-state index in [1.54, 1.807) is 12.1 Å². The van der Waals surface area contributed by atoms with Gasteiger partial charge in [-0.25, -0.2) is 20.0 Å². The molecule has 0 bridgehead atoms. The molecule has 0 saturated heterocycles. The SMILES string of the molecule is C[C@@H]1N=C(Sc2cc(C(=O)Nc3cc(C(=O)O)cc(C(=O)O)c3)c(O)c3ccccc23)N(c2ccccc2)N1. The number of hydrogen-bond acceptors (Lipinski definition) is 8. The number of amides is 1. The number of nitrogens with one attached hydrogen (secondary N) is 2. The summed E-state index contributed by atoms with van der Waals surface area (Å²) in [5.74, 6) is -3.69. The molecule has 1 atom stereocenters. The summed E-state index contributed by atoms with van der Waals surface area (Å²) < 4.78 is 0. The molecular formula is C28H22N4O6S. The summed E-state index contributed by atoms with van der Waals surface area (Å²) >= 11 is 1.31. The summed E-state index contributed by atoms with van der Waals surface area (Å²) in [6.07, 6.45) is -0.191. The zero-order chi connectivity index (χ0) is 27.7. The van der Waals surface area contributed by atoms with Gasteiger partial charge in [0, 0.05) is 16.0 Å². The number of fused-ring (bicyclic) bond motifs is 1. The summed E-state index contributed by atoms with van der Waals surface area (Å²) in [7, 11) is 0. The Kier molecular flexibility index (Phi) is 6.92. The molecule has 0 aliphatic carbocycles. The van der Waals surface area contributed by atoms with Crippen LogP contribution in [0.5, 0.6) is 5.75 Å².